The Bertz CT molecular complexity index is 771. The quantitative estimate of drug-likeness (QED) is 0.904. The van der Waals surface area contributed by atoms with Crippen molar-refractivity contribution in [3.63, 3.8) is 0 Å². The minimum Gasteiger partial charge on any atom is -0.496 e. The number of nitrogens with zero attached hydrogens (tertiary/aromatic N) is 2. The molecule has 1 aromatic rings. The van der Waals surface area contributed by atoms with Crippen LogP contribution < -0.4 is 10.5 Å². The number of allylic oxidation sites excluding steroid dienone is 3. The van der Waals surface area contributed by atoms with Crippen molar-refractivity contribution in [2.75, 3.05) is 7.11 Å². The first kappa shape index (κ1) is 16.5. The van der Waals surface area contributed by atoms with Gasteiger partial charge in [0.05, 0.1) is 24.7 Å². The Morgan fingerprint density at radius 3 is 2.26 bits per heavy atom. The van der Waals surface area contributed by atoms with E-state index in [2.05, 4.69) is 12.1 Å². The maximum atomic E-state index is 9.72. The first-order valence-electron chi connectivity index (χ1n) is 7.20. The number of rotatable bonds is 2. The van der Waals surface area contributed by atoms with E-state index in [0.29, 0.717) is 17.1 Å². The van der Waals surface area contributed by atoms with Crippen LogP contribution in [0.25, 0.3) is 0 Å². The van der Waals surface area contributed by atoms with E-state index in [1.54, 1.807) is 13.2 Å². The molecule has 0 aliphatic carbocycles. The summed E-state index contributed by atoms with van der Waals surface area (Å²) in [5, 5.41) is 19.2. The third-order valence-corrected chi connectivity index (χ3v) is 3.67. The smallest absolute Gasteiger partial charge is 0.205 e. The van der Waals surface area contributed by atoms with Crippen LogP contribution in [0.5, 0.6) is 5.75 Å². The average molecular weight is 309 g/mol. The van der Waals surface area contributed by atoms with Gasteiger partial charge in [0.15, 0.2) is 0 Å². The lowest BCUT2D eigenvalue weighted by molar-refractivity contribution is 0.199. The number of hydrogen-bond donors (Lipinski definition) is 1. The fraction of sp³-hybridized carbons (Fsp3) is 0.333. The van der Waals surface area contributed by atoms with E-state index < -0.39 is 11.3 Å². The molecule has 5 heteroatoms. The number of para-hydroxylation sites is 1. The summed E-state index contributed by atoms with van der Waals surface area (Å²) in [6.07, 6.45) is 0. The molecule has 2 rings (SSSR count). The van der Waals surface area contributed by atoms with Crippen LogP contribution in [-0.2, 0) is 4.74 Å². The van der Waals surface area contributed by atoms with Crippen molar-refractivity contribution >= 4 is 0 Å². The molecule has 0 aromatic heterocycles. The number of nitriles is 2. The zero-order valence-corrected chi connectivity index (χ0v) is 13.7. The first-order valence-corrected chi connectivity index (χ1v) is 7.20. The standard InChI is InChI=1S/C18H19N3O2/c1-18(2,3)16-12(9-19)15(13(10-20)17(21)23-16)11-7-5-6-8-14(11)22-4/h5-8,15H,21H2,1-4H3. The van der Waals surface area contributed by atoms with Gasteiger partial charge in [-0.1, -0.05) is 39.0 Å². The first-order chi connectivity index (χ1) is 10.8. The van der Waals surface area contributed by atoms with Gasteiger partial charge in [-0.3, -0.25) is 0 Å². The molecule has 0 amide bonds. The summed E-state index contributed by atoms with van der Waals surface area (Å²) in [5.41, 5.74) is 6.87. The van der Waals surface area contributed by atoms with Gasteiger partial charge in [0.2, 0.25) is 5.88 Å². The normalized spacial score (nSPS) is 18.1. The number of hydrogen-bond acceptors (Lipinski definition) is 5. The lowest BCUT2D eigenvalue weighted by Gasteiger charge is -2.32. The second-order valence-corrected chi connectivity index (χ2v) is 6.27. The van der Waals surface area contributed by atoms with E-state index in [0.717, 1.165) is 5.56 Å². The van der Waals surface area contributed by atoms with Crippen molar-refractivity contribution in [1.82, 2.24) is 0 Å². The Labute approximate surface area is 136 Å². The monoisotopic (exact) mass is 309 g/mol. The highest BCUT2D eigenvalue weighted by Crippen LogP contribution is 2.46. The lowest BCUT2D eigenvalue weighted by atomic mass is 9.78. The van der Waals surface area contributed by atoms with E-state index in [-0.39, 0.29) is 11.5 Å². The molecule has 0 fully saturated rings. The molecule has 0 bridgehead atoms. The molecule has 0 saturated heterocycles. The van der Waals surface area contributed by atoms with E-state index in [1.165, 1.54) is 0 Å². The molecular formula is C18H19N3O2. The highest BCUT2D eigenvalue weighted by atomic mass is 16.5. The van der Waals surface area contributed by atoms with Gasteiger partial charge in [-0.05, 0) is 6.07 Å². The van der Waals surface area contributed by atoms with Gasteiger partial charge in [-0.2, -0.15) is 10.5 Å². The Morgan fingerprint density at radius 1 is 1.13 bits per heavy atom. The zero-order valence-electron chi connectivity index (χ0n) is 13.7. The molecule has 1 aliphatic heterocycles. The van der Waals surface area contributed by atoms with Crippen molar-refractivity contribution in [1.29, 1.82) is 10.5 Å². The summed E-state index contributed by atoms with van der Waals surface area (Å²) in [4.78, 5) is 0. The van der Waals surface area contributed by atoms with Crippen LogP contribution in [0.2, 0.25) is 0 Å². The van der Waals surface area contributed by atoms with Crippen LogP contribution in [0.3, 0.4) is 0 Å². The van der Waals surface area contributed by atoms with Crippen LogP contribution >= 0.6 is 0 Å². The van der Waals surface area contributed by atoms with Crippen LogP contribution in [0.1, 0.15) is 32.3 Å². The van der Waals surface area contributed by atoms with Gasteiger partial charge < -0.3 is 15.2 Å². The van der Waals surface area contributed by atoms with E-state index in [9.17, 15) is 10.5 Å². The van der Waals surface area contributed by atoms with Crippen molar-refractivity contribution in [3.8, 4) is 17.9 Å². The second-order valence-electron chi connectivity index (χ2n) is 6.27. The summed E-state index contributed by atoms with van der Waals surface area (Å²) >= 11 is 0. The number of ether oxygens (including phenoxy) is 2. The Balaban J connectivity index is 2.78. The van der Waals surface area contributed by atoms with Crippen molar-refractivity contribution in [2.45, 2.75) is 26.7 Å². The van der Waals surface area contributed by atoms with E-state index in [4.69, 9.17) is 15.2 Å². The third-order valence-electron chi connectivity index (χ3n) is 3.67. The minimum atomic E-state index is -0.593. The predicted octanol–water partition coefficient (Wildman–Crippen LogP) is 3.33. The van der Waals surface area contributed by atoms with Crippen LogP contribution in [0.15, 0.2) is 47.1 Å². The summed E-state index contributed by atoms with van der Waals surface area (Å²) in [7, 11) is 1.55. The van der Waals surface area contributed by atoms with Crippen molar-refractivity contribution < 1.29 is 9.47 Å². The van der Waals surface area contributed by atoms with Crippen LogP contribution in [0, 0.1) is 28.1 Å². The van der Waals surface area contributed by atoms with Gasteiger partial charge in [-0.15, -0.1) is 0 Å². The van der Waals surface area contributed by atoms with Gasteiger partial charge in [0.1, 0.15) is 23.2 Å². The molecule has 0 radical (unpaired) electrons. The molecule has 1 unspecified atom stereocenters. The molecule has 1 atom stereocenters. The van der Waals surface area contributed by atoms with Gasteiger partial charge in [-0.25, -0.2) is 0 Å². The minimum absolute atomic E-state index is 0.0346. The Kier molecular flexibility index (Phi) is 4.33. The molecule has 23 heavy (non-hydrogen) atoms. The van der Waals surface area contributed by atoms with Gasteiger partial charge in [0, 0.05) is 11.0 Å². The Morgan fingerprint density at radius 2 is 1.74 bits per heavy atom. The molecule has 0 saturated carbocycles. The molecule has 1 heterocycles. The Hall–Kier alpha value is -2.92. The fourth-order valence-electron chi connectivity index (χ4n) is 2.65. The number of benzene rings is 1. The average Bonchev–Trinajstić information content (AvgIpc) is 2.52. The molecule has 5 nitrogen and oxygen atoms in total. The highest BCUT2D eigenvalue weighted by Gasteiger charge is 2.38. The molecule has 1 aromatic carbocycles. The molecule has 1 aliphatic rings. The SMILES string of the molecule is COc1ccccc1C1C(C#N)=C(N)OC(C(C)(C)C)=C1C#N. The number of nitrogens with two attached hydrogens (primary N) is 1. The molecule has 2 N–H and O–H groups in total. The predicted molar refractivity (Wildman–Crippen MR) is 85.7 cm³/mol. The van der Waals surface area contributed by atoms with Crippen molar-refractivity contribution in [2.24, 2.45) is 11.1 Å². The topological polar surface area (TPSA) is 92.1 Å². The summed E-state index contributed by atoms with van der Waals surface area (Å²) in [6, 6.07) is 11.6. The van der Waals surface area contributed by atoms with Crippen molar-refractivity contribution in [3.05, 3.63) is 52.6 Å². The second kappa shape index (κ2) is 6.06. The van der Waals surface area contributed by atoms with Crippen LogP contribution in [0.4, 0.5) is 0 Å². The lowest BCUT2D eigenvalue weighted by Crippen LogP contribution is -2.26. The van der Waals surface area contributed by atoms with E-state index in [1.807, 2.05) is 39.0 Å². The largest absolute Gasteiger partial charge is 0.496 e. The number of methoxy groups -OCH3 is 1. The van der Waals surface area contributed by atoms with E-state index >= 15 is 0 Å². The highest BCUT2D eigenvalue weighted by molar-refractivity contribution is 5.57. The maximum absolute atomic E-state index is 9.72. The van der Waals surface area contributed by atoms with Gasteiger partial charge in [0.25, 0.3) is 0 Å². The fourth-order valence-corrected chi connectivity index (χ4v) is 2.65. The summed E-state index contributed by atoms with van der Waals surface area (Å²) in [5.74, 6) is 0.518. The van der Waals surface area contributed by atoms with Gasteiger partial charge >= 0.3 is 0 Å². The third kappa shape index (κ3) is 2.86. The van der Waals surface area contributed by atoms with Crippen LogP contribution in [-0.4, -0.2) is 7.11 Å². The molecule has 0 spiro atoms. The summed E-state index contributed by atoms with van der Waals surface area (Å²) in [6.45, 7) is 5.80. The maximum Gasteiger partial charge on any atom is 0.205 e. The zero-order chi connectivity index (χ0) is 17.2. The molecular weight excluding hydrogens is 290 g/mol. The summed E-state index contributed by atoms with van der Waals surface area (Å²) < 4.78 is 11.0. The molecule has 118 valence electrons.